The number of aromatic amines is 1. The minimum absolute atomic E-state index is 0.0558. The molecule has 3 aromatic rings. The minimum Gasteiger partial charge on any atom is -0.497 e. The van der Waals surface area contributed by atoms with Crippen molar-refractivity contribution in [2.24, 2.45) is 0 Å². The molecule has 1 aromatic heterocycles. The van der Waals surface area contributed by atoms with E-state index < -0.39 is 5.82 Å². The number of H-pyrrole nitrogens is 1. The zero-order chi connectivity index (χ0) is 22.5. The van der Waals surface area contributed by atoms with Crippen molar-refractivity contribution in [3.8, 4) is 5.75 Å². The molecule has 2 heterocycles. The van der Waals surface area contributed by atoms with Crippen molar-refractivity contribution >= 4 is 23.4 Å². The number of methoxy groups -OCH3 is 1. The monoisotopic (exact) mass is 454 g/mol. The van der Waals surface area contributed by atoms with Crippen LogP contribution in [0.15, 0.2) is 58.5 Å². The molecule has 1 aliphatic heterocycles. The van der Waals surface area contributed by atoms with Gasteiger partial charge in [-0.1, -0.05) is 30.0 Å². The molecule has 1 aliphatic rings. The zero-order valence-electron chi connectivity index (χ0n) is 17.6. The molecule has 0 aliphatic carbocycles. The Bertz CT molecular complexity index is 1180. The molecule has 7 nitrogen and oxygen atoms in total. The summed E-state index contributed by atoms with van der Waals surface area (Å²) in [5, 5.41) is 3.04. The zero-order valence-corrected chi connectivity index (χ0v) is 18.4. The molecule has 0 spiro atoms. The van der Waals surface area contributed by atoms with Crippen LogP contribution in [-0.2, 0) is 24.3 Å². The third-order valence-electron chi connectivity index (χ3n) is 5.11. The SMILES string of the molecule is COc1cccc(CN2CCc3nc(SCC(=O)Nc4cccc(F)c4)[nH]c(=O)c3C2)c1. The van der Waals surface area contributed by atoms with Gasteiger partial charge in [-0.15, -0.1) is 0 Å². The highest BCUT2D eigenvalue weighted by molar-refractivity contribution is 7.99. The van der Waals surface area contributed by atoms with Gasteiger partial charge >= 0.3 is 0 Å². The number of thioether (sulfide) groups is 1. The van der Waals surface area contributed by atoms with Crippen molar-refractivity contribution in [3.05, 3.63) is 81.5 Å². The van der Waals surface area contributed by atoms with Gasteiger partial charge in [0.05, 0.1) is 24.1 Å². The van der Waals surface area contributed by atoms with Crippen LogP contribution < -0.4 is 15.6 Å². The summed E-state index contributed by atoms with van der Waals surface area (Å²) in [4.78, 5) is 34.3. The lowest BCUT2D eigenvalue weighted by atomic mass is 10.1. The summed E-state index contributed by atoms with van der Waals surface area (Å²) in [6.07, 6.45) is 0.659. The first kappa shape index (κ1) is 22.0. The predicted octanol–water partition coefficient (Wildman–Crippen LogP) is 3.21. The van der Waals surface area contributed by atoms with Crippen LogP contribution in [0.2, 0.25) is 0 Å². The first-order valence-electron chi connectivity index (χ1n) is 10.2. The van der Waals surface area contributed by atoms with Crippen molar-refractivity contribution in [2.45, 2.75) is 24.7 Å². The van der Waals surface area contributed by atoms with Crippen LogP contribution in [0.1, 0.15) is 16.8 Å². The maximum absolute atomic E-state index is 13.2. The Labute approximate surface area is 189 Å². The van der Waals surface area contributed by atoms with E-state index in [1.165, 1.54) is 18.2 Å². The number of aromatic nitrogens is 2. The molecule has 0 fully saturated rings. The summed E-state index contributed by atoms with van der Waals surface area (Å²) in [6.45, 7) is 2.01. The van der Waals surface area contributed by atoms with Crippen molar-refractivity contribution in [1.29, 1.82) is 0 Å². The molecule has 0 saturated heterocycles. The average Bonchev–Trinajstić information content (AvgIpc) is 2.78. The van der Waals surface area contributed by atoms with Crippen LogP contribution >= 0.6 is 11.8 Å². The third kappa shape index (κ3) is 5.54. The molecule has 2 N–H and O–H groups in total. The van der Waals surface area contributed by atoms with Crippen molar-refractivity contribution in [1.82, 2.24) is 14.9 Å². The molecule has 4 rings (SSSR count). The number of nitrogens with one attached hydrogen (secondary N) is 2. The van der Waals surface area contributed by atoms with Crippen LogP contribution in [0.5, 0.6) is 5.75 Å². The summed E-state index contributed by atoms with van der Waals surface area (Å²) >= 11 is 1.15. The molecule has 9 heteroatoms. The largest absolute Gasteiger partial charge is 0.497 e. The smallest absolute Gasteiger partial charge is 0.256 e. The predicted molar refractivity (Wildman–Crippen MR) is 121 cm³/mol. The number of nitrogens with zero attached hydrogens (tertiary/aromatic N) is 2. The first-order valence-corrected chi connectivity index (χ1v) is 11.1. The van der Waals surface area contributed by atoms with Crippen molar-refractivity contribution < 1.29 is 13.9 Å². The highest BCUT2D eigenvalue weighted by Crippen LogP contribution is 2.21. The molecule has 32 heavy (non-hydrogen) atoms. The fraction of sp³-hybridized carbons (Fsp3) is 0.261. The number of anilines is 1. The molecule has 1 amide bonds. The van der Waals surface area contributed by atoms with Crippen LogP contribution in [-0.4, -0.2) is 40.2 Å². The van der Waals surface area contributed by atoms with Gasteiger partial charge in [-0.25, -0.2) is 9.37 Å². The Hall–Kier alpha value is -3.17. The molecular formula is C23H23FN4O3S. The first-order chi connectivity index (χ1) is 15.5. The lowest BCUT2D eigenvalue weighted by molar-refractivity contribution is -0.113. The number of ether oxygens (including phenoxy) is 1. The van der Waals surface area contributed by atoms with E-state index in [2.05, 4.69) is 20.2 Å². The van der Waals surface area contributed by atoms with Crippen LogP contribution in [0.25, 0.3) is 0 Å². The van der Waals surface area contributed by atoms with E-state index in [0.717, 1.165) is 35.3 Å². The number of hydrogen-bond donors (Lipinski definition) is 2. The van der Waals surface area contributed by atoms with Gasteiger partial charge in [0.25, 0.3) is 5.56 Å². The molecule has 0 unspecified atom stereocenters. The number of carbonyl (C=O) groups is 1. The van der Waals surface area contributed by atoms with E-state index in [1.54, 1.807) is 13.2 Å². The van der Waals surface area contributed by atoms with E-state index in [1.807, 2.05) is 24.3 Å². The topological polar surface area (TPSA) is 87.3 Å². The third-order valence-corrected chi connectivity index (χ3v) is 5.99. The summed E-state index contributed by atoms with van der Waals surface area (Å²) in [6, 6.07) is 13.6. The number of benzene rings is 2. The van der Waals surface area contributed by atoms with Gasteiger partial charge in [-0.3, -0.25) is 14.5 Å². The van der Waals surface area contributed by atoms with Crippen LogP contribution in [0.3, 0.4) is 0 Å². The molecule has 0 saturated carbocycles. The Kier molecular flexibility index (Phi) is 6.87. The number of fused-ring (bicyclic) bond motifs is 1. The van der Waals surface area contributed by atoms with Gasteiger partial charge in [-0.05, 0) is 35.9 Å². The van der Waals surface area contributed by atoms with E-state index in [0.29, 0.717) is 35.9 Å². The number of halogens is 1. The molecular weight excluding hydrogens is 431 g/mol. The lowest BCUT2D eigenvalue weighted by Gasteiger charge is -2.27. The number of carbonyl (C=O) groups excluding carboxylic acids is 1. The maximum Gasteiger partial charge on any atom is 0.256 e. The average molecular weight is 455 g/mol. The minimum atomic E-state index is -0.420. The Balaban J connectivity index is 1.37. The highest BCUT2D eigenvalue weighted by Gasteiger charge is 2.21. The van der Waals surface area contributed by atoms with Crippen LogP contribution in [0, 0.1) is 5.82 Å². The Morgan fingerprint density at radius 1 is 1.28 bits per heavy atom. The van der Waals surface area contributed by atoms with E-state index in [-0.39, 0.29) is 17.2 Å². The number of amides is 1. The van der Waals surface area contributed by atoms with E-state index in [4.69, 9.17) is 4.74 Å². The fourth-order valence-electron chi connectivity index (χ4n) is 3.59. The van der Waals surface area contributed by atoms with Gasteiger partial charge in [0.1, 0.15) is 11.6 Å². The van der Waals surface area contributed by atoms with Crippen molar-refractivity contribution in [2.75, 3.05) is 24.7 Å². The van der Waals surface area contributed by atoms with Gasteiger partial charge in [-0.2, -0.15) is 0 Å². The lowest BCUT2D eigenvalue weighted by Crippen LogP contribution is -2.35. The Morgan fingerprint density at radius 3 is 2.94 bits per heavy atom. The molecule has 0 radical (unpaired) electrons. The standard InChI is InChI=1S/C23H23FN4O3S/c1-31-18-7-2-4-15(10-18)12-28-9-8-20-19(13-28)22(30)27-23(26-20)32-14-21(29)25-17-6-3-5-16(24)11-17/h2-7,10-11H,8-9,12-14H2,1H3,(H,25,29)(H,26,27,30). The fourth-order valence-corrected chi connectivity index (χ4v) is 4.27. The summed E-state index contributed by atoms with van der Waals surface area (Å²) in [5.41, 5.74) is 2.75. The number of hydrogen-bond acceptors (Lipinski definition) is 6. The second kappa shape index (κ2) is 9.97. The summed E-state index contributed by atoms with van der Waals surface area (Å²) < 4.78 is 18.5. The molecule has 2 aromatic carbocycles. The quantitative estimate of drug-likeness (QED) is 0.421. The van der Waals surface area contributed by atoms with Gasteiger partial charge in [0.15, 0.2) is 5.16 Å². The van der Waals surface area contributed by atoms with Gasteiger partial charge < -0.3 is 15.0 Å². The maximum atomic E-state index is 13.2. The van der Waals surface area contributed by atoms with Gasteiger partial charge in [0, 0.05) is 31.7 Å². The second-order valence-electron chi connectivity index (χ2n) is 7.46. The molecule has 0 atom stereocenters. The van der Waals surface area contributed by atoms with Gasteiger partial charge in [0.2, 0.25) is 5.91 Å². The summed E-state index contributed by atoms with van der Waals surface area (Å²) in [7, 11) is 1.64. The normalized spacial score (nSPS) is 13.4. The number of rotatable bonds is 7. The van der Waals surface area contributed by atoms with Crippen LogP contribution in [0.4, 0.5) is 10.1 Å². The summed E-state index contributed by atoms with van der Waals surface area (Å²) in [5.74, 6) is 0.143. The molecule has 166 valence electrons. The Morgan fingerprint density at radius 2 is 2.12 bits per heavy atom. The second-order valence-corrected chi connectivity index (χ2v) is 8.42. The van der Waals surface area contributed by atoms with E-state index in [9.17, 15) is 14.0 Å². The van der Waals surface area contributed by atoms with E-state index >= 15 is 0 Å². The molecule has 0 bridgehead atoms. The van der Waals surface area contributed by atoms with Crippen molar-refractivity contribution in [3.63, 3.8) is 0 Å². The highest BCUT2D eigenvalue weighted by atomic mass is 32.2.